The highest BCUT2D eigenvalue weighted by Crippen LogP contribution is 2.42. The molecule has 0 radical (unpaired) electrons. The van der Waals surface area contributed by atoms with Crippen LogP contribution in [0.5, 0.6) is 0 Å². The van der Waals surface area contributed by atoms with Crippen molar-refractivity contribution in [3.8, 4) is 0 Å². The minimum absolute atomic E-state index is 0.0282. The zero-order valence-corrected chi connectivity index (χ0v) is 7.73. The fraction of sp³-hybridized carbons (Fsp3) is 0.700. The molecular formula is C10H12O4. The van der Waals surface area contributed by atoms with E-state index >= 15 is 0 Å². The van der Waals surface area contributed by atoms with Crippen LogP contribution >= 0.6 is 0 Å². The Morgan fingerprint density at radius 1 is 1.14 bits per heavy atom. The first-order chi connectivity index (χ1) is 6.61. The second kappa shape index (κ2) is 3.19. The number of carbonyl (C=O) groups excluding carboxylic acids is 2. The van der Waals surface area contributed by atoms with Gasteiger partial charge in [0.05, 0.1) is 5.92 Å². The summed E-state index contributed by atoms with van der Waals surface area (Å²) >= 11 is 0. The number of hydrogen-bond acceptors (Lipinski definition) is 3. The van der Waals surface area contributed by atoms with Crippen molar-refractivity contribution in [1.82, 2.24) is 0 Å². The Labute approximate surface area is 81.3 Å². The molecule has 2 rings (SSSR count). The Kier molecular flexibility index (Phi) is 2.13. The van der Waals surface area contributed by atoms with E-state index in [-0.39, 0.29) is 23.9 Å². The summed E-state index contributed by atoms with van der Waals surface area (Å²) in [5, 5.41) is 8.89. The Morgan fingerprint density at radius 2 is 1.79 bits per heavy atom. The smallest absolute Gasteiger partial charge is 0.307 e. The quantitative estimate of drug-likeness (QED) is 0.668. The van der Waals surface area contributed by atoms with Gasteiger partial charge in [0.25, 0.3) is 0 Å². The molecule has 76 valence electrons. The molecule has 2 aliphatic carbocycles. The van der Waals surface area contributed by atoms with Crippen molar-refractivity contribution in [2.45, 2.75) is 25.7 Å². The molecule has 0 aromatic rings. The van der Waals surface area contributed by atoms with E-state index < -0.39 is 17.8 Å². The maximum atomic E-state index is 11.5. The highest BCUT2D eigenvalue weighted by atomic mass is 16.4. The predicted molar refractivity (Wildman–Crippen MR) is 46.6 cm³/mol. The van der Waals surface area contributed by atoms with Crippen LogP contribution in [0, 0.1) is 17.8 Å². The van der Waals surface area contributed by atoms with Gasteiger partial charge in [0.15, 0.2) is 0 Å². The van der Waals surface area contributed by atoms with Crippen molar-refractivity contribution in [2.24, 2.45) is 17.8 Å². The van der Waals surface area contributed by atoms with Crippen molar-refractivity contribution >= 4 is 17.5 Å². The van der Waals surface area contributed by atoms with E-state index in [1.54, 1.807) is 0 Å². The van der Waals surface area contributed by atoms with E-state index in [0.29, 0.717) is 19.3 Å². The molecule has 0 saturated heterocycles. The monoisotopic (exact) mass is 196 g/mol. The van der Waals surface area contributed by atoms with Gasteiger partial charge in [-0.05, 0) is 12.8 Å². The highest BCUT2D eigenvalue weighted by Gasteiger charge is 2.49. The van der Waals surface area contributed by atoms with Crippen LogP contribution in [0.15, 0.2) is 0 Å². The van der Waals surface area contributed by atoms with E-state index in [1.807, 2.05) is 0 Å². The average molecular weight is 196 g/mol. The number of Topliss-reactive ketones (excluding diaryl/α,β-unsaturated/α-hetero) is 2. The van der Waals surface area contributed by atoms with Gasteiger partial charge in [-0.15, -0.1) is 0 Å². The van der Waals surface area contributed by atoms with Crippen LogP contribution < -0.4 is 0 Å². The molecule has 1 N–H and O–H groups in total. The third-order valence-corrected chi connectivity index (χ3v) is 3.38. The molecule has 4 nitrogen and oxygen atoms in total. The number of carboxylic acid groups (broad SMARTS) is 1. The molecule has 2 aliphatic rings. The summed E-state index contributed by atoms with van der Waals surface area (Å²) in [6.07, 6.45) is 1.60. The number of carbonyl (C=O) groups is 3. The summed E-state index contributed by atoms with van der Waals surface area (Å²) in [5.74, 6) is -2.30. The third-order valence-electron chi connectivity index (χ3n) is 3.38. The lowest BCUT2D eigenvalue weighted by atomic mass is 9.76. The molecule has 0 heterocycles. The normalized spacial score (nSPS) is 37.0. The largest absolute Gasteiger partial charge is 0.481 e. The first kappa shape index (κ1) is 9.37. The molecule has 0 aliphatic heterocycles. The number of hydrogen-bond donors (Lipinski definition) is 1. The SMILES string of the molecule is O=C(O)C1CCC2C(=O)CCC(=O)C12. The van der Waals surface area contributed by atoms with Crippen LogP contribution in [0.1, 0.15) is 25.7 Å². The Bertz CT molecular complexity index is 301. The standard InChI is InChI=1S/C10H12O4/c11-7-3-4-8(12)9-5(7)1-2-6(9)10(13)14/h5-6,9H,1-4H2,(H,13,14). The van der Waals surface area contributed by atoms with Gasteiger partial charge in [-0.25, -0.2) is 0 Å². The van der Waals surface area contributed by atoms with Crippen molar-refractivity contribution in [3.63, 3.8) is 0 Å². The van der Waals surface area contributed by atoms with E-state index in [2.05, 4.69) is 0 Å². The van der Waals surface area contributed by atoms with Gasteiger partial charge in [-0.2, -0.15) is 0 Å². The summed E-state index contributed by atoms with van der Waals surface area (Å²) in [5.41, 5.74) is 0. The Morgan fingerprint density at radius 3 is 2.43 bits per heavy atom. The molecule has 14 heavy (non-hydrogen) atoms. The molecule has 0 bridgehead atoms. The molecule has 0 aromatic carbocycles. The van der Waals surface area contributed by atoms with E-state index in [4.69, 9.17) is 5.11 Å². The van der Waals surface area contributed by atoms with E-state index in [1.165, 1.54) is 0 Å². The molecule has 0 aromatic heterocycles. The van der Waals surface area contributed by atoms with Gasteiger partial charge >= 0.3 is 5.97 Å². The van der Waals surface area contributed by atoms with Gasteiger partial charge < -0.3 is 5.11 Å². The second-order valence-electron chi connectivity index (χ2n) is 4.09. The summed E-state index contributed by atoms with van der Waals surface area (Å²) in [6.45, 7) is 0. The Balaban J connectivity index is 2.26. The summed E-state index contributed by atoms with van der Waals surface area (Å²) < 4.78 is 0. The number of aliphatic carboxylic acids is 1. The first-order valence-corrected chi connectivity index (χ1v) is 4.89. The van der Waals surface area contributed by atoms with Crippen LogP contribution in [-0.4, -0.2) is 22.6 Å². The van der Waals surface area contributed by atoms with Crippen LogP contribution in [-0.2, 0) is 14.4 Å². The molecule has 0 amide bonds. The van der Waals surface area contributed by atoms with E-state index in [9.17, 15) is 14.4 Å². The fourth-order valence-corrected chi connectivity index (χ4v) is 2.68. The maximum Gasteiger partial charge on any atom is 0.307 e. The fourth-order valence-electron chi connectivity index (χ4n) is 2.68. The van der Waals surface area contributed by atoms with Gasteiger partial charge in [-0.3, -0.25) is 14.4 Å². The summed E-state index contributed by atoms with van der Waals surface area (Å²) in [4.78, 5) is 33.8. The number of ketones is 2. The van der Waals surface area contributed by atoms with Crippen molar-refractivity contribution in [3.05, 3.63) is 0 Å². The zero-order chi connectivity index (χ0) is 10.3. The van der Waals surface area contributed by atoms with Gasteiger partial charge in [0.2, 0.25) is 0 Å². The number of rotatable bonds is 1. The lowest BCUT2D eigenvalue weighted by Gasteiger charge is -2.24. The third kappa shape index (κ3) is 1.25. The summed E-state index contributed by atoms with van der Waals surface area (Å²) in [7, 11) is 0. The van der Waals surface area contributed by atoms with Crippen LogP contribution in [0.25, 0.3) is 0 Å². The molecule has 2 saturated carbocycles. The molecule has 3 atom stereocenters. The topological polar surface area (TPSA) is 71.4 Å². The molecule has 3 unspecified atom stereocenters. The van der Waals surface area contributed by atoms with Crippen molar-refractivity contribution < 1.29 is 19.5 Å². The molecule has 4 heteroatoms. The van der Waals surface area contributed by atoms with Gasteiger partial charge in [-0.1, -0.05) is 0 Å². The lowest BCUT2D eigenvalue weighted by Crippen LogP contribution is -2.37. The minimum Gasteiger partial charge on any atom is -0.481 e. The minimum atomic E-state index is -0.930. The predicted octanol–water partition coefficient (Wildman–Crippen LogP) is 0.645. The number of carboxylic acids is 1. The zero-order valence-electron chi connectivity index (χ0n) is 7.73. The van der Waals surface area contributed by atoms with Gasteiger partial charge in [0, 0.05) is 24.7 Å². The van der Waals surface area contributed by atoms with Crippen molar-refractivity contribution in [1.29, 1.82) is 0 Å². The number of fused-ring (bicyclic) bond motifs is 1. The van der Waals surface area contributed by atoms with Crippen LogP contribution in [0.2, 0.25) is 0 Å². The first-order valence-electron chi connectivity index (χ1n) is 4.89. The highest BCUT2D eigenvalue weighted by molar-refractivity contribution is 5.99. The van der Waals surface area contributed by atoms with Crippen LogP contribution in [0.4, 0.5) is 0 Å². The summed E-state index contributed by atoms with van der Waals surface area (Å²) in [6, 6.07) is 0. The maximum absolute atomic E-state index is 11.5. The second-order valence-corrected chi connectivity index (χ2v) is 4.09. The average Bonchev–Trinajstić information content (AvgIpc) is 2.56. The lowest BCUT2D eigenvalue weighted by molar-refractivity contribution is -0.148. The molecular weight excluding hydrogens is 184 g/mol. The van der Waals surface area contributed by atoms with Crippen LogP contribution in [0.3, 0.4) is 0 Å². The van der Waals surface area contributed by atoms with E-state index in [0.717, 1.165) is 0 Å². The molecule has 0 spiro atoms. The van der Waals surface area contributed by atoms with Crippen molar-refractivity contribution in [2.75, 3.05) is 0 Å². The molecule has 2 fully saturated rings. The Hall–Kier alpha value is -1.19. The van der Waals surface area contributed by atoms with Gasteiger partial charge in [0.1, 0.15) is 11.6 Å².